The predicted octanol–water partition coefficient (Wildman–Crippen LogP) is 1.45. The smallest absolute Gasteiger partial charge is 0.182 e. The van der Waals surface area contributed by atoms with E-state index in [1.165, 1.54) is 18.9 Å². The van der Waals surface area contributed by atoms with E-state index >= 15 is 0 Å². The predicted molar refractivity (Wildman–Crippen MR) is 54.3 cm³/mol. The van der Waals surface area contributed by atoms with Gasteiger partial charge in [-0.25, -0.2) is 9.97 Å². The number of aromatic nitrogens is 2. The van der Waals surface area contributed by atoms with E-state index in [-0.39, 0.29) is 0 Å². The molecule has 1 aliphatic rings. The third-order valence-corrected chi connectivity index (χ3v) is 2.19. The second kappa shape index (κ2) is 2.84. The van der Waals surface area contributed by atoms with Crippen LogP contribution in [0.15, 0.2) is 31.0 Å². The van der Waals surface area contributed by atoms with Gasteiger partial charge in [0.25, 0.3) is 0 Å². The van der Waals surface area contributed by atoms with Crippen LogP contribution in [0.5, 0.6) is 11.5 Å². The number of nitrogen functional groups attached to an aromatic ring is 1. The summed E-state index contributed by atoms with van der Waals surface area (Å²) < 4.78 is 10.6. The molecule has 0 saturated carbocycles. The standard InChI is InChI=1S/C10H7N3O2/c11-10-8-6(12-5-13-10)1-2-7-9(8)15-4-3-14-7/h1-5H,(H2,11,12,13). The second-order valence-corrected chi connectivity index (χ2v) is 3.05. The molecule has 2 N–H and O–H groups in total. The van der Waals surface area contributed by atoms with Crippen LogP contribution in [-0.2, 0) is 0 Å². The van der Waals surface area contributed by atoms with E-state index < -0.39 is 0 Å². The molecule has 2 aromatic rings. The number of anilines is 1. The zero-order chi connectivity index (χ0) is 10.3. The van der Waals surface area contributed by atoms with Crippen LogP contribution in [0.25, 0.3) is 10.9 Å². The van der Waals surface area contributed by atoms with Gasteiger partial charge in [0.15, 0.2) is 11.5 Å². The van der Waals surface area contributed by atoms with Gasteiger partial charge in [-0.1, -0.05) is 0 Å². The minimum atomic E-state index is 0.385. The molecule has 3 rings (SSSR count). The molecule has 5 nitrogen and oxygen atoms in total. The maximum absolute atomic E-state index is 5.77. The van der Waals surface area contributed by atoms with Gasteiger partial charge in [0, 0.05) is 0 Å². The molecule has 1 aromatic carbocycles. The number of hydrogen-bond donors (Lipinski definition) is 1. The van der Waals surface area contributed by atoms with E-state index in [2.05, 4.69) is 9.97 Å². The molecule has 0 spiro atoms. The van der Waals surface area contributed by atoms with Gasteiger partial charge in [0.05, 0.1) is 10.9 Å². The monoisotopic (exact) mass is 201 g/mol. The van der Waals surface area contributed by atoms with Crippen molar-refractivity contribution in [1.29, 1.82) is 0 Å². The van der Waals surface area contributed by atoms with Crippen LogP contribution in [0, 0.1) is 0 Å². The average Bonchev–Trinajstić information content (AvgIpc) is 2.29. The van der Waals surface area contributed by atoms with Crippen molar-refractivity contribution in [3.05, 3.63) is 31.0 Å². The summed E-state index contributed by atoms with van der Waals surface area (Å²) in [6.07, 6.45) is 4.34. The van der Waals surface area contributed by atoms with E-state index in [1.54, 1.807) is 6.07 Å². The number of nitrogens with zero attached hydrogens (tertiary/aromatic N) is 2. The van der Waals surface area contributed by atoms with Crippen LogP contribution in [0.4, 0.5) is 5.82 Å². The van der Waals surface area contributed by atoms with Gasteiger partial charge in [-0.2, -0.15) is 0 Å². The SMILES string of the molecule is Nc1ncnc2ccc3c(c12)OC=CO3. The van der Waals surface area contributed by atoms with E-state index in [0.29, 0.717) is 22.7 Å². The Labute approximate surface area is 85.2 Å². The van der Waals surface area contributed by atoms with Crippen molar-refractivity contribution in [2.24, 2.45) is 0 Å². The van der Waals surface area contributed by atoms with Gasteiger partial charge in [0.1, 0.15) is 24.7 Å². The van der Waals surface area contributed by atoms with Gasteiger partial charge in [-0.15, -0.1) is 0 Å². The molecule has 0 bridgehead atoms. The largest absolute Gasteiger partial charge is 0.458 e. The fourth-order valence-electron chi connectivity index (χ4n) is 1.53. The Morgan fingerprint density at radius 1 is 1.07 bits per heavy atom. The van der Waals surface area contributed by atoms with Gasteiger partial charge in [-0.3, -0.25) is 0 Å². The molecule has 74 valence electrons. The van der Waals surface area contributed by atoms with E-state index in [0.717, 1.165) is 5.52 Å². The molecule has 0 radical (unpaired) electrons. The van der Waals surface area contributed by atoms with Gasteiger partial charge in [0.2, 0.25) is 0 Å². The molecule has 2 heterocycles. The lowest BCUT2D eigenvalue weighted by Gasteiger charge is -2.14. The second-order valence-electron chi connectivity index (χ2n) is 3.05. The Morgan fingerprint density at radius 2 is 1.93 bits per heavy atom. The summed E-state index contributed by atoms with van der Waals surface area (Å²) >= 11 is 0. The first-order valence-corrected chi connectivity index (χ1v) is 4.38. The highest BCUT2D eigenvalue weighted by Crippen LogP contribution is 2.38. The highest BCUT2D eigenvalue weighted by atomic mass is 16.5. The summed E-state index contributed by atoms with van der Waals surface area (Å²) in [6, 6.07) is 3.60. The van der Waals surface area contributed by atoms with Crippen LogP contribution in [0.3, 0.4) is 0 Å². The molecule has 1 aliphatic heterocycles. The highest BCUT2D eigenvalue weighted by Gasteiger charge is 2.15. The molecular formula is C10H7N3O2. The summed E-state index contributed by atoms with van der Waals surface area (Å²) in [5.41, 5.74) is 6.51. The summed E-state index contributed by atoms with van der Waals surface area (Å²) in [4.78, 5) is 8.02. The zero-order valence-electron chi connectivity index (χ0n) is 7.68. The molecule has 0 atom stereocenters. The highest BCUT2D eigenvalue weighted by molar-refractivity contribution is 5.95. The molecule has 1 aromatic heterocycles. The maximum Gasteiger partial charge on any atom is 0.182 e. The lowest BCUT2D eigenvalue weighted by molar-refractivity contribution is 0.365. The fourth-order valence-corrected chi connectivity index (χ4v) is 1.53. The molecule has 15 heavy (non-hydrogen) atoms. The van der Waals surface area contributed by atoms with E-state index in [9.17, 15) is 0 Å². The van der Waals surface area contributed by atoms with Crippen LogP contribution in [0.1, 0.15) is 0 Å². The van der Waals surface area contributed by atoms with Crippen molar-refractivity contribution in [3.63, 3.8) is 0 Å². The summed E-state index contributed by atoms with van der Waals surface area (Å²) in [5, 5.41) is 0.680. The summed E-state index contributed by atoms with van der Waals surface area (Å²) in [7, 11) is 0. The topological polar surface area (TPSA) is 70.3 Å². The van der Waals surface area contributed by atoms with Crippen LogP contribution < -0.4 is 15.2 Å². The third kappa shape index (κ3) is 1.10. The number of benzene rings is 1. The molecule has 0 fully saturated rings. The van der Waals surface area contributed by atoms with Crippen molar-refractivity contribution in [2.45, 2.75) is 0 Å². The fraction of sp³-hybridized carbons (Fsp3) is 0. The van der Waals surface area contributed by atoms with E-state index in [1.807, 2.05) is 6.07 Å². The van der Waals surface area contributed by atoms with Crippen LogP contribution in [-0.4, -0.2) is 9.97 Å². The molecule has 0 aliphatic carbocycles. The van der Waals surface area contributed by atoms with Crippen LogP contribution >= 0.6 is 0 Å². The van der Waals surface area contributed by atoms with E-state index in [4.69, 9.17) is 15.2 Å². The van der Waals surface area contributed by atoms with Crippen molar-refractivity contribution < 1.29 is 9.47 Å². The maximum atomic E-state index is 5.77. The van der Waals surface area contributed by atoms with Crippen LogP contribution in [0.2, 0.25) is 0 Å². The minimum Gasteiger partial charge on any atom is -0.458 e. The minimum absolute atomic E-state index is 0.385. The first-order valence-electron chi connectivity index (χ1n) is 4.38. The first-order chi connectivity index (χ1) is 7.36. The van der Waals surface area contributed by atoms with Gasteiger partial charge >= 0.3 is 0 Å². The molecular weight excluding hydrogens is 194 g/mol. The van der Waals surface area contributed by atoms with Crippen molar-refractivity contribution in [3.8, 4) is 11.5 Å². The average molecular weight is 201 g/mol. The molecule has 5 heteroatoms. The Hall–Kier alpha value is -2.30. The lowest BCUT2D eigenvalue weighted by Crippen LogP contribution is -2.00. The van der Waals surface area contributed by atoms with Crippen molar-refractivity contribution in [2.75, 3.05) is 5.73 Å². The number of rotatable bonds is 0. The number of nitrogens with two attached hydrogens (primary N) is 1. The van der Waals surface area contributed by atoms with Gasteiger partial charge in [-0.05, 0) is 12.1 Å². The molecule has 0 amide bonds. The normalized spacial score (nSPS) is 13.1. The number of fused-ring (bicyclic) bond motifs is 3. The summed E-state index contributed by atoms with van der Waals surface area (Å²) in [6.45, 7) is 0. The Morgan fingerprint density at radius 3 is 2.87 bits per heavy atom. The lowest BCUT2D eigenvalue weighted by atomic mass is 10.2. The first kappa shape index (κ1) is 8.05. The summed E-state index contributed by atoms with van der Waals surface area (Å²) in [5.74, 6) is 1.57. The Kier molecular flexibility index (Phi) is 1.53. The van der Waals surface area contributed by atoms with Crippen molar-refractivity contribution in [1.82, 2.24) is 9.97 Å². The third-order valence-electron chi connectivity index (χ3n) is 2.19. The Balaban J connectivity index is 2.42. The van der Waals surface area contributed by atoms with Crippen molar-refractivity contribution >= 4 is 16.7 Å². The number of ether oxygens (including phenoxy) is 2. The quantitative estimate of drug-likeness (QED) is 0.698. The van der Waals surface area contributed by atoms with Gasteiger partial charge < -0.3 is 15.2 Å². The number of hydrogen-bond acceptors (Lipinski definition) is 5. The molecule has 0 saturated heterocycles. The Bertz CT molecular complexity index is 566. The molecule has 0 unspecified atom stereocenters. The zero-order valence-corrected chi connectivity index (χ0v) is 7.68.